The molecule has 0 amide bonds. The highest BCUT2D eigenvalue weighted by Crippen LogP contribution is 2.37. The Balaban J connectivity index is 0.000000149. The highest BCUT2D eigenvalue weighted by Gasteiger charge is 2.34. The number of ketones is 4. The van der Waals surface area contributed by atoms with E-state index < -0.39 is 11.7 Å². The summed E-state index contributed by atoms with van der Waals surface area (Å²) in [5, 5.41) is 47.7. The Morgan fingerprint density at radius 2 is 0.680 bits per heavy atom. The molecule has 30 heteroatoms. The monoisotopic (exact) mass is 2030 g/mol. The lowest BCUT2D eigenvalue weighted by Crippen LogP contribution is -2.20. The third kappa shape index (κ3) is 27.5. The Morgan fingerprint density at radius 1 is 0.373 bits per heavy atom. The molecule has 0 spiro atoms. The molecule has 2 aliphatic rings. The van der Waals surface area contributed by atoms with Crippen LogP contribution < -0.4 is 4.74 Å². The Morgan fingerprint density at radius 3 is 0.993 bits per heavy atom. The fourth-order valence-electron chi connectivity index (χ4n) is 18.7. The van der Waals surface area contributed by atoms with Crippen LogP contribution in [0.4, 0.5) is 13.2 Å². The van der Waals surface area contributed by atoms with Crippen LogP contribution in [-0.2, 0) is 95.3 Å². The molecule has 0 saturated carbocycles. The lowest BCUT2D eigenvalue weighted by atomic mass is 9.83. The van der Waals surface area contributed by atoms with E-state index in [1.807, 2.05) is 183 Å². The number of pyridine rings is 1. The number of carbonyl (C=O) groups excluding carboxylic acids is 4. The quantitative estimate of drug-likeness (QED) is 0.0378. The van der Waals surface area contributed by atoms with Crippen molar-refractivity contribution in [2.45, 2.75) is 231 Å². The number of hydrogen-bond donors (Lipinski definition) is 0. The number of hydrogen-bond acceptors (Lipinski definition) is 20. The number of nitrogens with zero attached hydrogens (tertiary/aromatic N) is 22. The van der Waals surface area contributed by atoms with Gasteiger partial charge in [0.15, 0.2) is 23.1 Å². The number of methoxy groups -OCH3 is 1. The molecule has 8 aromatic carbocycles. The maximum absolute atomic E-state index is 13.7. The Labute approximate surface area is 878 Å². The van der Waals surface area contributed by atoms with Crippen molar-refractivity contribution in [2.24, 2.45) is 27.1 Å². The summed E-state index contributed by atoms with van der Waals surface area (Å²) in [7, 11) is 11.4. The highest BCUT2D eigenvalue weighted by molar-refractivity contribution is 6.00. The molecule has 0 unspecified atom stereocenters. The molecule has 0 N–H and O–H groups in total. The maximum atomic E-state index is 13.7. The average Bonchev–Trinajstić information content (AvgIpc) is 1.62. The van der Waals surface area contributed by atoms with E-state index in [2.05, 4.69) is 226 Å². The number of likely N-dealkylation sites (tertiary alicyclic amines) is 2. The number of alkyl halides is 3. The Hall–Kier alpha value is -14.8. The highest BCUT2D eigenvalue weighted by atomic mass is 19.4. The summed E-state index contributed by atoms with van der Waals surface area (Å²) >= 11 is 0. The number of ether oxygens (including phenoxy) is 1. The molecule has 150 heavy (non-hydrogen) atoms. The van der Waals surface area contributed by atoms with Crippen molar-refractivity contribution < 1.29 is 37.1 Å². The first-order chi connectivity index (χ1) is 71.1. The molecular formula is C120H141F3N22O5. The lowest BCUT2D eigenvalue weighted by Gasteiger charge is -2.23. The van der Waals surface area contributed by atoms with Crippen LogP contribution in [0.3, 0.4) is 0 Å². The number of aromatic nitrogens is 19. The van der Waals surface area contributed by atoms with Crippen LogP contribution in [0.1, 0.15) is 256 Å². The van der Waals surface area contributed by atoms with Gasteiger partial charge < -0.3 is 9.64 Å². The second-order valence-electron chi connectivity index (χ2n) is 44.1. The molecule has 8 aromatic heterocycles. The minimum atomic E-state index is -4.53. The third-order valence-electron chi connectivity index (χ3n) is 28.2. The summed E-state index contributed by atoms with van der Waals surface area (Å²) in [5.74, 6) is 1.23. The molecule has 2 fully saturated rings. The first-order valence-electron chi connectivity index (χ1n) is 51.5. The number of Topliss-reactive ketones (excluding diaryl/α,β-unsaturated/α-hetero) is 4. The van der Waals surface area contributed by atoms with E-state index in [1.165, 1.54) is 40.7 Å². The molecule has 0 radical (unpaired) electrons. The van der Waals surface area contributed by atoms with Crippen molar-refractivity contribution in [1.82, 2.24) is 109 Å². The number of rotatable bonds is 30. The number of halogens is 3. The van der Waals surface area contributed by atoms with Gasteiger partial charge in [-0.25, -0.2) is 18.7 Å². The zero-order valence-electron chi connectivity index (χ0n) is 91.2. The van der Waals surface area contributed by atoms with Gasteiger partial charge in [0.1, 0.15) is 28.5 Å². The zero-order chi connectivity index (χ0) is 108. The van der Waals surface area contributed by atoms with Gasteiger partial charge >= 0.3 is 6.18 Å². The fourth-order valence-corrected chi connectivity index (χ4v) is 18.7. The summed E-state index contributed by atoms with van der Waals surface area (Å²) < 4.78 is 58.6. The van der Waals surface area contributed by atoms with Crippen molar-refractivity contribution in [3.63, 3.8) is 0 Å². The predicted octanol–water partition coefficient (Wildman–Crippen LogP) is 23.0. The van der Waals surface area contributed by atoms with Crippen LogP contribution in [-0.4, -0.2) is 180 Å². The van der Waals surface area contributed by atoms with Crippen LogP contribution in [0, 0.1) is 54.4 Å². The summed E-state index contributed by atoms with van der Waals surface area (Å²) in [6.07, 6.45) is 19.3. The summed E-state index contributed by atoms with van der Waals surface area (Å²) in [4.78, 5) is 64.6. The van der Waals surface area contributed by atoms with Crippen molar-refractivity contribution in [3.05, 3.63) is 336 Å². The Kier molecular flexibility index (Phi) is 34.0. The zero-order valence-corrected chi connectivity index (χ0v) is 91.2. The first kappa shape index (κ1) is 109. The molecule has 10 heterocycles. The van der Waals surface area contributed by atoms with Gasteiger partial charge in [0, 0.05) is 134 Å². The van der Waals surface area contributed by atoms with Crippen LogP contribution in [0.15, 0.2) is 207 Å². The number of carbonyl (C=O) groups is 4. The SMILES string of the molecule is COc1cncc(-c2cn(-c3cc(CC(=O)c4cc(CN5CCCC5)cc(C(F)(F)F)c4)ccc3C)nn2)c1.Cc1ccc(CC(=O)c2cc(CCC(C)C)cc(C(C)(C)C)c2)cc1-n1cc(-c2cnn(C)c2C)nn1.Cc1ccc(CC(=O)c2cc(CN(C)C)cc(C(C)(C)C)c2)cc1-n1cc(-c2cnn(C)c2C)nn1.Cc1ccc(CC(=O)c2cc(CN3CCCC3)cc(C(C)(C)C)c2)cc1-n1cc(-c2cnn(C)c2C)nn1. The number of benzene rings is 8. The lowest BCUT2D eigenvalue weighted by molar-refractivity contribution is -0.137. The standard InChI is InChI=1S/C31H38N6O.C31H39N5O.C29H28F3N5O2.C29H36N6O/c1-21-9-10-23(15-29(21)37-20-28(33-34-37)27-18-32-35(6)22(27)2)16-30(38)25-13-24(19-36-11-7-8-12-36)14-26(17-25)31(3,4)5;1-20(2)9-11-23-13-25(17-26(14-23)31(5,6)7)30(37)16-24-12-10-21(3)29(15-24)36-19-28(33-34-36)27-18-32-35(8)22(27)4;1-19-5-6-20(11-27(19)37-18-26(34-35-37)23-14-25(39-2)16-33-15-23)12-28(38)22-9-21(17-36-7-3-4-8-36)10-24(13-22)29(30,31)32;1-19-9-10-21(13-27(19)35-18-26(31-32-35)25-16-30-34(8)20(25)2)14-28(36)23-11-22(17-33(6)7)12-24(15-23)29(3,4)5/h9-10,13-15,17-18,20H,7-8,11-12,16,19H2,1-6H3;10,12-15,17-20H,9,11,16H2,1-8H3;5-6,9-11,13-16,18H,3-4,7-8,12,17H2,1-2H3;9-13,15-16,18H,14,17H2,1-8H3. The third-order valence-corrected chi connectivity index (χ3v) is 28.2. The predicted molar refractivity (Wildman–Crippen MR) is 584 cm³/mol. The topological polar surface area (TPSA) is 276 Å². The largest absolute Gasteiger partial charge is 0.495 e. The minimum Gasteiger partial charge on any atom is -0.495 e. The van der Waals surface area contributed by atoms with E-state index in [1.54, 1.807) is 62.6 Å². The van der Waals surface area contributed by atoms with E-state index in [0.29, 0.717) is 60.0 Å². The molecule has 16 aromatic rings. The van der Waals surface area contributed by atoms with Gasteiger partial charge in [0.05, 0.1) is 85.0 Å². The summed E-state index contributed by atoms with van der Waals surface area (Å²) in [6, 6.07) is 48.6. The minimum absolute atomic E-state index is 0.0165. The van der Waals surface area contributed by atoms with Crippen molar-refractivity contribution >= 4 is 23.1 Å². The van der Waals surface area contributed by atoms with Gasteiger partial charge in [-0.2, -0.15) is 28.5 Å². The molecule has 2 aliphatic heterocycles. The van der Waals surface area contributed by atoms with Crippen molar-refractivity contribution in [1.29, 1.82) is 0 Å². The second-order valence-corrected chi connectivity index (χ2v) is 44.1. The molecule has 2 saturated heterocycles. The average molecular weight is 2030 g/mol. The first-order valence-corrected chi connectivity index (χ1v) is 51.5. The van der Waals surface area contributed by atoms with Gasteiger partial charge in [-0.1, -0.05) is 164 Å². The van der Waals surface area contributed by atoms with E-state index in [9.17, 15) is 32.3 Å². The van der Waals surface area contributed by atoms with Gasteiger partial charge in [-0.15, -0.1) is 20.4 Å². The van der Waals surface area contributed by atoms with Gasteiger partial charge in [-0.05, 0) is 318 Å². The molecule has 0 bridgehead atoms. The molecule has 782 valence electrons. The molecule has 0 aliphatic carbocycles. The van der Waals surface area contributed by atoms with Crippen LogP contribution in [0.2, 0.25) is 0 Å². The Bertz CT molecular complexity index is 7550. The maximum Gasteiger partial charge on any atom is 0.416 e. The number of aryl methyl sites for hydroxylation is 8. The molecule has 0 atom stereocenters. The normalized spacial score (nSPS) is 13.1. The van der Waals surface area contributed by atoms with Crippen molar-refractivity contribution in [2.75, 3.05) is 47.4 Å². The molecule has 27 nitrogen and oxygen atoms in total. The van der Waals surface area contributed by atoms with Crippen LogP contribution in [0.25, 0.3) is 67.8 Å². The molecular weight excluding hydrogens is 1890 g/mol. The van der Waals surface area contributed by atoms with Crippen LogP contribution in [0.5, 0.6) is 5.75 Å². The van der Waals surface area contributed by atoms with Gasteiger partial charge in [-0.3, -0.25) is 48.0 Å². The van der Waals surface area contributed by atoms with E-state index in [-0.39, 0.29) is 51.4 Å². The van der Waals surface area contributed by atoms with Crippen molar-refractivity contribution in [3.8, 4) is 73.5 Å². The van der Waals surface area contributed by atoms with E-state index in [4.69, 9.17) is 4.74 Å². The van der Waals surface area contributed by atoms with Gasteiger partial charge in [0.25, 0.3) is 0 Å². The van der Waals surface area contributed by atoms with Gasteiger partial charge in [0.2, 0.25) is 0 Å². The van der Waals surface area contributed by atoms with E-state index in [0.717, 1.165) is 212 Å². The summed E-state index contributed by atoms with van der Waals surface area (Å²) in [6.45, 7) is 44.4. The smallest absolute Gasteiger partial charge is 0.416 e. The van der Waals surface area contributed by atoms with Crippen LogP contribution >= 0.6 is 0 Å². The second kappa shape index (κ2) is 46.6. The fraction of sp³-hybridized carbons (Fsp3) is 0.383. The molecule has 18 rings (SSSR count). The summed E-state index contributed by atoms with van der Waals surface area (Å²) in [5.41, 5.74) is 30.0. The van der Waals surface area contributed by atoms with E-state index >= 15 is 0 Å².